The van der Waals surface area contributed by atoms with Gasteiger partial charge in [-0.3, -0.25) is 4.79 Å². The molecule has 0 aliphatic carbocycles. The van der Waals surface area contributed by atoms with Crippen LogP contribution in [0.5, 0.6) is 0 Å². The lowest BCUT2D eigenvalue weighted by Crippen LogP contribution is -2.36. The number of amides is 1. The maximum absolute atomic E-state index is 12.6. The zero-order valence-electron chi connectivity index (χ0n) is 16.2. The highest BCUT2D eigenvalue weighted by molar-refractivity contribution is 7.89. The predicted molar refractivity (Wildman–Crippen MR) is 112 cm³/mol. The Labute approximate surface area is 171 Å². The maximum Gasteiger partial charge on any atom is 0.255 e. The van der Waals surface area contributed by atoms with Gasteiger partial charge in [0.1, 0.15) is 0 Å². The second kappa shape index (κ2) is 8.52. The van der Waals surface area contributed by atoms with E-state index in [1.54, 1.807) is 36.4 Å². The van der Waals surface area contributed by atoms with Crippen LogP contribution in [-0.2, 0) is 14.8 Å². The zero-order valence-corrected chi connectivity index (χ0v) is 17.0. The highest BCUT2D eigenvalue weighted by Gasteiger charge is 2.27. The molecule has 2 aliphatic heterocycles. The number of benzene rings is 2. The van der Waals surface area contributed by atoms with Gasteiger partial charge in [-0.25, -0.2) is 8.42 Å². The van der Waals surface area contributed by atoms with Crippen molar-refractivity contribution in [1.29, 1.82) is 0 Å². The van der Waals surface area contributed by atoms with Crippen molar-refractivity contribution in [3.63, 3.8) is 0 Å². The van der Waals surface area contributed by atoms with Gasteiger partial charge >= 0.3 is 0 Å². The molecule has 8 heteroatoms. The van der Waals surface area contributed by atoms with E-state index in [-0.39, 0.29) is 10.8 Å². The van der Waals surface area contributed by atoms with Crippen LogP contribution >= 0.6 is 0 Å². The minimum atomic E-state index is -3.44. The molecule has 0 radical (unpaired) electrons. The number of ether oxygens (including phenoxy) is 1. The van der Waals surface area contributed by atoms with Gasteiger partial charge < -0.3 is 15.0 Å². The summed E-state index contributed by atoms with van der Waals surface area (Å²) in [5, 5.41) is 2.82. The highest BCUT2D eigenvalue weighted by Crippen LogP contribution is 2.23. The Bertz CT molecular complexity index is 946. The van der Waals surface area contributed by atoms with E-state index >= 15 is 0 Å². The molecule has 1 amide bonds. The minimum absolute atomic E-state index is 0.228. The van der Waals surface area contributed by atoms with Crippen molar-refractivity contribution in [2.45, 2.75) is 17.7 Å². The van der Waals surface area contributed by atoms with Gasteiger partial charge in [0.25, 0.3) is 5.91 Å². The number of hydrogen-bond donors (Lipinski definition) is 1. The van der Waals surface area contributed by atoms with E-state index in [4.69, 9.17) is 4.74 Å². The second-order valence-electron chi connectivity index (χ2n) is 7.24. The molecule has 1 N–H and O–H groups in total. The molecule has 2 fully saturated rings. The van der Waals surface area contributed by atoms with Gasteiger partial charge in [-0.15, -0.1) is 0 Å². The van der Waals surface area contributed by atoms with E-state index in [9.17, 15) is 13.2 Å². The van der Waals surface area contributed by atoms with Gasteiger partial charge in [-0.05, 0) is 61.4 Å². The first-order valence-corrected chi connectivity index (χ1v) is 11.3. The van der Waals surface area contributed by atoms with E-state index < -0.39 is 10.0 Å². The van der Waals surface area contributed by atoms with Gasteiger partial charge in [0.15, 0.2) is 0 Å². The van der Waals surface area contributed by atoms with Crippen molar-refractivity contribution in [1.82, 2.24) is 4.31 Å². The molecule has 154 valence electrons. The maximum atomic E-state index is 12.6. The van der Waals surface area contributed by atoms with Crippen molar-refractivity contribution in [2.75, 3.05) is 49.6 Å². The molecule has 0 aromatic heterocycles. The summed E-state index contributed by atoms with van der Waals surface area (Å²) in [4.78, 5) is 15.0. The Morgan fingerprint density at radius 2 is 1.48 bits per heavy atom. The normalized spacial score (nSPS) is 18.0. The fraction of sp³-hybridized carbons (Fsp3) is 0.381. The van der Waals surface area contributed by atoms with E-state index in [0.717, 1.165) is 31.6 Å². The van der Waals surface area contributed by atoms with Crippen LogP contribution in [0.4, 0.5) is 11.4 Å². The van der Waals surface area contributed by atoms with Crippen LogP contribution in [0.15, 0.2) is 53.4 Å². The summed E-state index contributed by atoms with van der Waals surface area (Å²) in [7, 11) is -3.44. The summed E-state index contributed by atoms with van der Waals surface area (Å²) in [5.74, 6) is -0.228. The molecule has 0 unspecified atom stereocenters. The number of rotatable bonds is 5. The van der Waals surface area contributed by atoms with Crippen LogP contribution in [0.2, 0.25) is 0 Å². The Kier molecular flexibility index (Phi) is 5.84. The summed E-state index contributed by atoms with van der Waals surface area (Å²) in [6.45, 7) is 4.26. The van der Waals surface area contributed by atoms with E-state index in [1.807, 2.05) is 12.1 Å². The summed E-state index contributed by atoms with van der Waals surface area (Å²) >= 11 is 0. The molecule has 29 heavy (non-hydrogen) atoms. The summed E-state index contributed by atoms with van der Waals surface area (Å²) in [6.07, 6.45) is 1.80. The fourth-order valence-corrected chi connectivity index (χ4v) is 5.15. The summed E-state index contributed by atoms with van der Waals surface area (Å²) in [5.41, 5.74) is 2.18. The summed E-state index contributed by atoms with van der Waals surface area (Å²) < 4.78 is 32.0. The first kappa shape index (κ1) is 19.9. The predicted octanol–water partition coefficient (Wildman–Crippen LogP) is 2.56. The van der Waals surface area contributed by atoms with E-state index in [0.29, 0.717) is 37.6 Å². The lowest BCUT2D eigenvalue weighted by Gasteiger charge is -2.28. The Hall–Kier alpha value is -2.42. The van der Waals surface area contributed by atoms with Crippen LogP contribution in [0.3, 0.4) is 0 Å². The third kappa shape index (κ3) is 4.44. The van der Waals surface area contributed by atoms with Crippen LogP contribution < -0.4 is 10.2 Å². The van der Waals surface area contributed by atoms with Crippen molar-refractivity contribution in [2.24, 2.45) is 0 Å². The first-order valence-electron chi connectivity index (χ1n) is 9.88. The number of anilines is 2. The fourth-order valence-electron chi connectivity index (χ4n) is 3.64. The molecule has 2 aliphatic rings. The SMILES string of the molecule is O=C(Nc1ccc(S(=O)(=O)N2CCCC2)cc1)c1ccc(N2CCOCC2)cc1. The lowest BCUT2D eigenvalue weighted by molar-refractivity contribution is 0.102. The zero-order chi connectivity index (χ0) is 20.3. The number of carbonyl (C=O) groups is 1. The topological polar surface area (TPSA) is 79.0 Å². The molecule has 0 spiro atoms. The van der Waals surface area contributed by atoms with Gasteiger partial charge in [0.2, 0.25) is 10.0 Å². The molecule has 7 nitrogen and oxygen atoms in total. The highest BCUT2D eigenvalue weighted by atomic mass is 32.2. The van der Waals surface area contributed by atoms with Crippen LogP contribution in [0.25, 0.3) is 0 Å². The smallest absolute Gasteiger partial charge is 0.255 e. The standard InChI is InChI=1S/C21H25N3O4S/c25-21(17-3-7-19(8-4-17)23-13-15-28-16-14-23)22-18-5-9-20(10-6-18)29(26,27)24-11-1-2-12-24/h3-10H,1-2,11-16H2,(H,22,25). The number of nitrogens with one attached hydrogen (secondary N) is 1. The molecule has 0 saturated carbocycles. The van der Waals surface area contributed by atoms with Crippen molar-refractivity contribution in [3.8, 4) is 0 Å². The molecule has 2 heterocycles. The number of nitrogens with zero attached hydrogens (tertiary/aromatic N) is 2. The molecule has 2 aromatic carbocycles. The summed E-state index contributed by atoms with van der Waals surface area (Å²) in [6, 6.07) is 13.8. The molecule has 2 saturated heterocycles. The first-order chi connectivity index (χ1) is 14.0. The van der Waals surface area contributed by atoms with Gasteiger partial charge in [0, 0.05) is 43.1 Å². The number of carbonyl (C=O) groups excluding carboxylic acids is 1. The number of hydrogen-bond acceptors (Lipinski definition) is 5. The Morgan fingerprint density at radius 3 is 2.10 bits per heavy atom. The monoisotopic (exact) mass is 415 g/mol. The Balaban J connectivity index is 1.40. The minimum Gasteiger partial charge on any atom is -0.378 e. The average Bonchev–Trinajstić information content (AvgIpc) is 3.31. The van der Waals surface area contributed by atoms with Crippen molar-refractivity contribution in [3.05, 3.63) is 54.1 Å². The number of morpholine rings is 1. The average molecular weight is 416 g/mol. The van der Waals surface area contributed by atoms with Crippen molar-refractivity contribution < 1.29 is 17.9 Å². The van der Waals surface area contributed by atoms with Crippen LogP contribution in [0.1, 0.15) is 23.2 Å². The largest absolute Gasteiger partial charge is 0.378 e. The molecular weight excluding hydrogens is 390 g/mol. The van der Waals surface area contributed by atoms with Crippen LogP contribution in [0, 0.1) is 0 Å². The molecule has 2 aromatic rings. The molecule has 0 atom stereocenters. The lowest BCUT2D eigenvalue weighted by atomic mass is 10.1. The number of sulfonamides is 1. The van der Waals surface area contributed by atoms with Crippen molar-refractivity contribution >= 4 is 27.3 Å². The molecular formula is C21H25N3O4S. The Morgan fingerprint density at radius 1 is 0.862 bits per heavy atom. The second-order valence-corrected chi connectivity index (χ2v) is 9.17. The van der Waals surface area contributed by atoms with Gasteiger partial charge in [-0.1, -0.05) is 0 Å². The quantitative estimate of drug-likeness (QED) is 0.812. The van der Waals surface area contributed by atoms with Gasteiger partial charge in [0.05, 0.1) is 18.1 Å². The van der Waals surface area contributed by atoms with E-state index in [2.05, 4.69) is 10.2 Å². The van der Waals surface area contributed by atoms with E-state index in [1.165, 1.54) is 4.31 Å². The van der Waals surface area contributed by atoms with Gasteiger partial charge in [-0.2, -0.15) is 4.31 Å². The third-order valence-electron chi connectivity index (χ3n) is 5.32. The van der Waals surface area contributed by atoms with Crippen LogP contribution in [-0.4, -0.2) is 58.0 Å². The molecule has 4 rings (SSSR count). The molecule has 0 bridgehead atoms. The third-order valence-corrected chi connectivity index (χ3v) is 7.23.